The van der Waals surface area contributed by atoms with Crippen LogP contribution in [0.5, 0.6) is 11.5 Å². The van der Waals surface area contributed by atoms with E-state index >= 15 is 0 Å². The lowest BCUT2D eigenvalue weighted by Crippen LogP contribution is -2.41. The molecule has 6 rings (SSSR count). The number of fused-ring (bicyclic) bond motifs is 2. The molecule has 0 heterocycles. The summed E-state index contributed by atoms with van der Waals surface area (Å²) in [6.45, 7) is 0. The van der Waals surface area contributed by atoms with Crippen LogP contribution >= 0.6 is 0 Å². The summed E-state index contributed by atoms with van der Waals surface area (Å²) in [6, 6.07) is 17.1. The van der Waals surface area contributed by atoms with Gasteiger partial charge in [-0.05, 0) is 34.4 Å². The van der Waals surface area contributed by atoms with Gasteiger partial charge in [0.15, 0.2) is 0 Å². The van der Waals surface area contributed by atoms with Gasteiger partial charge in [-0.2, -0.15) is 10.2 Å². The van der Waals surface area contributed by atoms with Crippen molar-refractivity contribution in [3.8, 4) is 22.6 Å². The van der Waals surface area contributed by atoms with E-state index in [9.17, 15) is 46.1 Å². The molecule has 4 aromatic rings. The minimum atomic E-state index is -5.42. The van der Waals surface area contributed by atoms with Crippen molar-refractivity contribution in [2.75, 3.05) is 0 Å². The van der Waals surface area contributed by atoms with Crippen molar-refractivity contribution < 1.29 is 58.4 Å². The number of allylic oxidation sites excluding steroid dienone is 2. The number of hydrogen-bond acceptors (Lipinski definition) is 10. The molecule has 0 radical (unpaired) electrons. The Balaban J connectivity index is 1.60. The number of ether oxygens (including phenoxy) is 2. The third-order valence-electron chi connectivity index (χ3n) is 9.48. The molecule has 0 spiro atoms. The number of carboxylic acids is 2. The zero-order valence-electron chi connectivity index (χ0n) is 29.2. The molecule has 0 amide bonds. The lowest BCUT2D eigenvalue weighted by Gasteiger charge is -2.37. The SMILES string of the molecule is [H]/N=N/C1=C(N)c2ccccc2C(C(=O)O)(c2ccc(-c3ccc(C4(C(=O)O)CC(/N=N/[H])=C(N)c5ccccc54)c(OC(F)(F)F)c3)cc2OC(F)(F)F)C1. The standard InChI is InChI=1S/C36H26F6N6O6/c37-35(38,39)53-27-13-17(9-11-23(27)33(31(49)50)15-25(47-45)29(43)19-5-1-3-7-21(19)33)18-10-12-24(28(14-18)54-36(40,41)42)34(32(51)52)16-26(48-46)30(44)20-6-2-4-8-22(20)34/h1-14,45-46H,15-16,43-44H2,(H,49,50)(H,51,52)/b47-45+,48-46+. The van der Waals surface area contributed by atoms with Crippen LogP contribution in [0.1, 0.15) is 46.2 Å². The number of benzene rings is 4. The molecule has 0 saturated carbocycles. The van der Waals surface area contributed by atoms with E-state index in [2.05, 4.69) is 30.8 Å². The maximum absolute atomic E-state index is 14.1. The Bertz CT molecular complexity index is 2240. The molecule has 8 N–H and O–H groups in total. The van der Waals surface area contributed by atoms with Crippen molar-refractivity contribution in [3.05, 3.63) is 130 Å². The van der Waals surface area contributed by atoms with Crippen LogP contribution in [0.3, 0.4) is 0 Å². The molecule has 2 aliphatic carbocycles. The zero-order valence-corrected chi connectivity index (χ0v) is 27.2. The molecule has 2 aliphatic rings. The fourth-order valence-electron chi connectivity index (χ4n) is 7.17. The van der Waals surface area contributed by atoms with Gasteiger partial charge in [-0.15, -0.1) is 26.3 Å². The average molecular weight is 753 g/mol. The number of aliphatic carboxylic acids is 2. The summed E-state index contributed by atoms with van der Waals surface area (Å²) < 4.78 is 108. The normalized spacial score (nSPS) is 20.7. The average Bonchev–Trinajstić information content (AvgIpc) is 3.13. The van der Waals surface area contributed by atoms with Crippen LogP contribution in [0.15, 0.2) is 107 Å². The predicted octanol–water partition coefficient (Wildman–Crippen LogP) is 8.02. The minimum absolute atomic E-state index is 0.0512. The molecule has 18 heteroatoms. The first-order valence-corrected chi connectivity index (χ1v) is 15.5. The fraction of sp³-hybridized carbons (Fsp3) is 0.167. The Hall–Kier alpha value is -6.72. The number of halogens is 6. The summed E-state index contributed by atoms with van der Waals surface area (Å²) in [4.78, 5) is 26.5. The lowest BCUT2D eigenvalue weighted by molar-refractivity contribution is -0.276. The van der Waals surface area contributed by atoms with Gasteiger partial charge in [-0.3, -0.25) is 9.59 Å². The van der Waals surface area contributed by atoms with Gasteiger partial charge in [0.1, 0.15) is 22.3 Å². The van der Waals surface area contributed by atoms with Crippen LogP contribution in [0.4, 0.5) is 26.3 Å². The number of alkyl halides is 6. The molecule has 12 nitrogen and oxygen atoms in total. The van der Waals surface area contributed by atoms with Crippen LogP contribution in [0, 0.1) is 11.0 Å². The van der Waals surface area contributed by atoms with Gasteiger partial charge in [-0.1, -0.05) is 72.8 Å². The molecule has 0 aliphatic heterocycles. The second kappa shape index (κ2) is 13.0. The van der Waals surface area contributed by atoms with Crippen LogP contribution in [0.2, 0.25) is 2.82 Å². The third-order valence-corrected chi connectivity index (χ3v) is 9.48. The number of nitrogens with zero attached hydrogens (tertiary/aromatic N) is 2. The molecule has 0 saturated heterocycles. The molecule has 4 aromatic carbocycles. The van der Waals surface area contributed by atoms with E-state index in [0.717, 1.165) is 36.4 Å². The Morgan fingerprint density at radius 1 is 0.648 bits per heavy atom. The van der Waals surface area contributed by atoms with E-state index in [4.69, 9.17) is 14.3 Å². The van der Waals surface area contributed by atoms with Crippen molar-refractivity contribution in [1.29, 1.82) is 11.0 Å². The zero-order chi connectivity index (χ0) is 40.8. The van der Waals surface area contributed by atoms with Crippen molar-refractivity contribution in [2.24, 2.45) is 21.7 Å². The predicted molar refractivity (Wildman–Crippen MR) is 177 cm³/mol. The molecule has 2 unspecified atom stereocenters. The van der Waals surface area contributed by atoms with E-state index in [1.165, 1.54) is 48.5 Å². The smallest absolute Gasteiger partial charge is 0.480 e. The maximum Gasteiger partial charge on any atom is 0.573 e. The fourth-order valence-corrected chi connectivity index (χ4v) is 7.17. The monoisotopic (exact) mass is 752 g/mol. The van der Waals surface area contributed by atoms with Gasteiger partial charge >= 0.3 is 24.7 Å². The van der Waals surface area contributed by atoms with Gasteiger partial charge in [0, 0.05) is 35.1 Å². The molecular formula is C36H26F6N6O6. The lowest BCUT2D eigenvalue weighted by atomic mass is 9.65. The van der Waals surface area contributed by atoms with Gasteiger partial charge < -0.3 is 31.2 Å². The van der Waals surface area contributed by atoms with E-state index in [-0.39, 0.29) is 56.2 Å². The number of carboxylic acid groups (broad SMARTS) is 2. The molecule has 0 aromatic heterocycles. The minimum Gasteiger partial charge on any atom is -0.480 e. The highest BCUT2D eigenvalue weighted by molar-refractivity contribution is 5.94. The van der Waals surface area contributed by atoms with E-state index in [0.29, 0.717) is 0 Å². The summed E-state index contributed by atoms with van der Waals surface area (Å²) in [6.07, 6.45) is -12.2. The Labute approximate surface area is 303 Å². The number of carbonyl (C=O) groups is 2. The van der Waals surface area contributed by atoms with Gasteiger partial charge in [-0.25, -0.2) is 11.0 Å². The quantitative estimate of drug-likeness (QED) is 0.0725. The van der Waals surface area contributed by atoms with Crippen LogP contribution in [-0.4, -0.2) is 34.9 Å². The third kappa shape index (κ3) is 6.04. The topological polar surface area (TPSA) is 218 Å². The highest BCUT2D eigenvalue weighted by atomic mass is 19.4. The van der Waals surface area contributed by atoms with E-state index in [1.807, 2.05) is 0 Å². The van der Waals surface area contributed by atoms with E-state index in [1.54, 1.807) is 0 Å². The highest BCUT2D eigenvalue weighted by Crippen LogP contribution is 2.53. The molecule has 0 bridgehead atoms. The van der Waals surface area contributed by atoms with Crippen molar-refractivity contribution in [3.63, 3.8) is 0 Å². The Kier molecular flexibility index (Phi) is 8.30. The largest absolute Gasteiger partial charge is 0.573 e. The van der Waals surface area contributed by atoms with Gasteiger partial charge in [0.25, 0.3) is 0 Å². The molecule has 2 atom stereocenters. The summed E-state index contributed by atoms with van der Waals surface area (Å²) in [5.41, 5.74) is 11.4. The Morgan fingerprint density at radius 3 is 1.35 bits per heavy atom. The number of nitrogens with one attached hydrogen (secondary N) is 2. The van der Waals surface area contributed by atoms with Crippen LogP contribution in [0.25, 0.3) is 22.5 Å². The van der Waals surface area contributed by atoms with Crippen LogP contribution in [-0.2, 0) is 20.4 Å². The molecule has 0 fully saturated rings. The molecule has 278 valence electrons. The number of nitrogens with two attached hydrogens (primary N) is 2. The molecular weight excluding hydrogens is 726 g/mol. The molecule has 54 heavy (non-hydrogen) atoms. The Morgan fingerprint density at radius 2 is 1.02 bits per heavy atom. The first kappa shape index (κ1) is 34.4. The summed E-state index contributed by atoms with van der Waals surface area (Å²) >= 11 is 0. The maximum atomic E-state index is 14.1. The van der Waals surface area contributed by atoms with Gasteiger partial charge in [0.05, 0.1) is 22.8 Å². The summed E-state index contributed by atoms with van der Waals surface area (Å²) in [5.74, 6) is -5.45. The number of rotatable bonds is 9. The van der Waals surface area contributed by atoms with Crippen molar-refractivity contribution in [2.45, 2.75) is 36.4 Å². The van der Waals surface area contributed by atoms with Crippen molar-refractivity contribution in [1.82, 2.24) is 0 Å². The number of hydrogen-bond donors (Lipinski definition) is 6. The highest BCUT2D eigenvalue weighted by Gasteiger charge is 2.52. The van der Waals surface area contributed by atoms with Crippen molar-refractivity contribution >= 4 is 23.3 Å². The van der Waals surface area contributed by atoms with Gasteiger partial charge in [0.2, 0.25) is 2.82 Å². The second-order valence-electron chi connectivity index (χ2n) is 12.3. The summed E-state index contributed by atoms with van der Waals surface area (Å²) in [7, 11) is 0. The van der Waals surface area contributed by atoms with Crippen LogP contribution < -0.4 is 20.9 Å². The first-order chi connectivity index (χ1) is 26.4. The second-order valence-corrected chi connectivity index (χ2v) is 12.3. The van der Waals surface area contributed by atoms with E-state index < -0.39 is 71.0 Å². The first-order valence-electron chi connectivity index (χ1n) is 16.4. The summed E-state index contributed by atoms with van der Waals surface area (Å²) in [5, 5.41) is 28.7.